The molecule has 1 heterocycles. The third kappa shape index (κ3) is 1.68. The highest BCUT2D eigenvalue weighted by atomic mass is 32.2. The van der Waals surface area contributed by atoms with Crippen LogP contribution in [0.3, 0.4) is 0 Å². The standard InChI is InChI=1S/C15H13NOS/c1-12-11-13-7-5-6-10-15(13)16-18(12,17)14-8-3-2-4-9-14/h2-11H,1H3. The molecule has 3 heteroatoms. The second kappa shape index (κ2) is 4.10. The van der Waals surface area contributed by atoms with Gasteiger partial charge in [0.1, 0.15) is 9.73 Å². The van der Waals surface area contributed by atoms with Crippen LogP contribution in [0.2, 0.25) is 0 Å². The zero-order chi connectivity index (χ0) is 12.6. The zero-order valence-electron chi connectivity index (χ0n) is 10.0. The van der Waals surface area contributed by atoms with E-state index in [2.05, 4.69) is 4.36 Å². The Balaban J connectivity index is 2.30. The van der Waals surface area contributed by atoms with Gasteiger partial charge in [-0.25, -0.2) is 4.21 Å². The van der Waals surface area contributed by atoms with Gasteiger partial charge >= 0.3 is 0 Å². The Bertz CT molecular complexity index is 738. The molecule has 0 amide bonds. The lowest BCUT2D eigenvalue weighted by molar-refractivity contribution is 0.680. The maximum absolute atomic E-state index is 13.1. The third-order valence-corrected chi connectivity index (χ3v) is 5.38. The van der Waals surface area contributed by atoms with Crippen LogP contribution in [0, 0.1) is 0 Å². The number of rotatable bonds is 1. The molecule has 2 nitrogen and oxygen atoms in total. The van der Waals surface area contributed by atoms with Crippen LogP contribution in [0.15, 0.2) is 68.8 Å². The van der Waals surface area contributed by atoms with Crippen LogP contribution in [0.5, 0.6) is 0 Å². The first-order chi connectivity index (χ1) is 8.70. The van der Waals surface area contributed by atoms with Gasteiger partial charge in [-0.1, -0.05) is 36.4 Å². The van der Waals surface area contributed by atoms with Crippen LogP contribution in [-0.2, 0) is 9.73 Å². The van der Waals surface area contributed by atoms with Crippen LogP contribution < -0.4 is 0 Å². The molecule has 1 aliphatic rings. The van der Waals surface area contributed by atoms with Gasteiger partial charge in [-0.15, -0.1) is 0 Å². The first-order valence-corrected chi connectivity index (χ1v) is 7.31. The Hall–Kier alpha value is -1.87. The smallest absolute Gasteiger partial charge is 0.105 e. The lowest BCUT2D eigenvalue weighted by Gasteiger charge is -2.16. The van der Waals surface area contributed by atoms with E-state index in [1.165, 1.54) is 0 Å². The van der Waals surface area contributed by atoms with Crippen molar-refractivity contribution >= 4 is 21.5 Å². The minimum absolute atomic E-state index is 0.772. The van der Waals surface area contributed by atoms with Crippen molar-refractivity contribution in [2.75, 3.05) is 0 Å². The van der Waals surface area contributed by atoms with E-state index in [1.807, 2.05) is 67.6 Å². The van der Waals surface area contributed by atoms with E-state index >= 15 is 0 Å². The Morgan fingerprint density at radius 1 is 0.944 bits per heavy atom. The lowest BCUT2D eigenvalue weighted by Crippen LogP contribution is -2.04. The molecule has 18 heavy (non-hydrogen) atoms. The summed E-state index contributed by atoms with van der Waals surface area (Å²) in [5, 5.41) is 0. The highest BCUT2D eigenvalue weighted by Gasteiger charge is 2.19. The quantitative estimate of drug-likeness (QED) is 0.750. The summed E-state index contributed by atoms with van der Waals surface area (Å²) in [4.78, 5) is 1.58. The van der Waals surface area contributed by atoms with E-state index in [1.54, 1.807) is 0 Å². The van der Waals surface area contributed by atoms with E-state index in [9.17, 15) is 4.21 Å². The first kappa shape index (κ1) is 11.2. The molecule has 0 aromatic heterocycles. The van der Waals surface area contributed by atoms with Crippen molar-refractivity contribution in [3.63, 3.8) is 0 Å². The summed E-state index contributed by atoms with van der Waals surface area (Å²) in [5.41, 5.74) is 1.84. The second-order valence-electron chi connectivity index (χ2n) is 4.24. The van der Waals surface area contributed by atoms with Crippen molar-refractivity contribution in [3.05, 3.63) is 65.1 Å². The van der Waals surface area contributed by atoms with Crippen molar-refractivity contribution in [2.45, 2.75) is 11.8 Å². The molecule has 0 N–H and O–H groups in total. The normalized spacial score (nSPS) is 21.7. The molecule has 1 aliphatic heterocycles. The summed E-state index contributed by atoms with van der Waals surface area (Å²) in [7, 11) is -2.47. The van der Waals surface area contributed by atoms with E-state index in [4.69, 9.17) is 0 Å². The van der Waals surface area contributed by atoms with Crippen molar-refractivity contribution in [3.8, 4) is 0 Å². The molecule has 3 rings (SSSR count). The van der Waals surface area contributed by atoms with Crippen LogP contribution in [-0.4, -0.2) is 4.21 Å². The number of nitrogens with zero attached hydrogens (tertiary/aromatic N) is 1. The fourth-order valence-electron chi connectivity index (χ4n) is 2.05. The molecule has 0 saturated heterocycles. The highest BCUT2D eigenvalue weighted by Crippen LogP contribution is 2.35. The molecular formula is C15H13NOS. The van der Waals surface area contributed by atoms with Crippen LogP contribution >= 0.6 is 0 Å². The maximum Gasteiger partial charge on any atom is 0.105 e. The summed E-state index contributed by atoms with van der Waals surface area (Å²) < 4.78 is 17.6. The molecule has 0 fully saturated rings. The molecular weight excluding hydrogens is 242 g/mol. The van der Waals surface area contributed by atoms with Crippen molar-refractivity contribution in [2.24, 2.45) is 4.36 Å². The molecule has 1 atom stereocenters. The van der Waals surface area contributed by atoms with Gasteiger partial charge in [0.05, 0.1) is 10.6 Å². The van der Waals surface area contributed by atoms with E-state index < -0.39 is 9.73 Å². The Labute approximate surface area is 107 Å². The molecule has 0 aliphatic carbocycles. The second-order valence-corrected chi connectivity index (χ2v) is 6.59. The summed E-state index contributed by atoms with van der Waals surface area (Å²) >= 11 is 0. The van der Waals surface area contributed by atoms with Crippen LogP contribution in [0.1, 0.15) is 12.5 Å². The largest absolute Gasteiger partial charge is 0.240 e. The molecule has 0 bridgehead atoms. The minimum atomic E-state index is -2.47. The van der Waals surface area contributed by atoms with Crippen LogP contribution in [0.25, 0.3) is 6.08 Å². The topological polar surface area (TPSA) is 29.4 Å². The van der Waals surface area contributed by atoms with Gasteiger partial charge in [0, 0.05) is 10.5 Å². The monoisotopic (exact) mass is 255 g/mol. The van der Waals surface area contributed by atoms with Crippen molar-refractivity contribution in [1.29, 1.82) is 0 Å². The predicted molar refractivity (Wildman–Crippen MR) is 75.0 cm³/mol. The number of benzene rings is 2. The Morgan fingerprint density at radius 3 is 2.39 bits per heavy atom. The summed E-state index contributed by atoms with van der Waals surface area (Å²) in [6, 6.07) is 17.2. The predicted octanol–water partition coefficient (Wildman–Crippen LogP) is 4.22. The van der Waals surface area contributed by atoms with Gasteiger partial charge in [-0.05, 0) is 31.2 Å². The number of fused-ring (bicyclic) bond motifs is 1. The van der Waals surface area contributed by atoms with Gasteiger partial charge in [0.25, 0.3) is 0 Å². The average molecular weight is 255 g/mol. The summed E-state index contributed by atoms with van der Waals surface area (Å²) in [6.45, 7) is 1.88. The lowest BCUT2D eigenvalue weighted by atomic mass is 10.2. The molecule has 2 aromatic carbocycles. The maximum atomic E-state index is 13.1. The molecule has 2 aromatic rings. The number of hydrogen-bond acceptors (Lipinski definition) is 2. The van der Waals surface area contributed by atoms with Gasteiger partial charge < -0.3 is 0 Å². The highest BCUT2D eigenvalue weighted by molar-refractivity contribution is 7.97. The molecule has 0 spiro atoms. The van der Waals surface area contributed by atoms with Crippen LogP contribution in [0.4, 0.5) is 5.69 Å². The van der Waals surface area contributed by atoms with Gasteiger partial charge in [0.2, 0.25) is 0 Å². The molecule has 90 valence electrons. The van der Waals surface area contributed by atoms with Crippen molar-refractivity contribution < 1.29 is 4.21 Å². The molecule has 0 radical (unpaired) electrons. The number of hydrogen-bond donors (Lipinski definition) is 0. The SMILES string of the molecule is CC1=Cc2ccccc2N=S1(=O)c1ccccc1. The first-order valence-electron chi connectivity index (χ1n) is 5.80. The average Bonchev–Trinajstić information content (AvgIpc) is 2.41. The zero-order valence-corrected chi connectivity index (χ0v) is 10.9. The summed E-state index contributed by atoms with van der Waals surface area (Å²) in [5.74, 6) is 0. The van der Waals surface area contributed by atoms with Crippen molar-refractivity contribution in [1.82, 2.24) is 0 Å². The Morgan fingerprint density at radius 2 is 1.61 bits per heavy atom. The fraction of sp³-hybridized carbons (Fsp3) is 0.0667. The van der Waals surface area contributed by atoms with E-state index in [0.717, 1.165) is 21.1 Å². The van der Waals surface area contributed by atoms with E-state index in [-0.39, 0.29) is 0 Å². The fourth-order valence-corrected chi connectivity index (χ4v) is 3.92. The number of allylic oxidation sites excluding steroid dienone is 1. The van der Waals surface area contributed by atoms with Gasteiger partial charge in [-0.3, -0.25) is 0 Å². The third-order valence-electron chi connectivity index (χ3n) is 3.02. The van der Waals surface area contributed by atoms with Gasteiger partial charge in [-0.2, -0.15) is 4.36 Å². The van der Waals surface area contributed by atoms with Gasteiger partial charge in [0.15, 0.2) is 0 Å². The molecule has 0 saturated carbocycles. The summed E-state index contributed by atoms with van der Waals surface area (Å²) in [6.07, 6.45) is 1.97. The molecule has 1 unspecified atom stereocenters. The minimum Gasteiger partial charge on any atom is -0.240 e. The Kier molecular flexibility index (Phi) is 2.56. The van der Waals surface area contributed by atoms with E-state index in [0.29, 0.717) is 0 Å².